The van der Waals surface area contributed by atoms with E-state index in [2.05, 4.69) is 10.2 Å². The van der Waals surface area contributed by atoms with Gasteiger partial charge in [0.25, 0.3) is 0 Å². The second kappa shape index (κ2) is 5.93. The largest absolute Gasteiger partial charge is 0.294 e. The minimum Gasteiger partial charge on any atom is -0.294 e. The van der Waals surface area contributed by atoms with Gasteiger partial charge in [-0.1, -0.05) is 42.0 Å². The van der Waals surface area contributed by atoms with Crippen LogP contribution in [0.1, 0.15) is 39.3 Å². The number of aromatic amines is 1. The van der Waals surface area contributed by atoms with Gasteiger partial charge in [-0.05, 0) is 19.1 Å². The molecule has 0 spiro atoms. The summed E-state index contributed by atoms with van der Waals surface area (Å²) in [4.78, 5) is 24.4. The third kappa shape index (κ3) is 2.81. The summed E-state index contributed by atoms with van der Waals surface area (Å²) in [5.41, 5.74) is 2.93. The molecule has 3 rings (SSSR count). The van der Waals surface area contributed by atoms with Crippen molar-refractivity contribution in [3.05, 3.63) is 65.4 Å². The van der Waals surface area contributed by atoms with Gasteiger partial charge in [0.2, 0.25) is 0 Å². The summed E-state index contributed by atoms with van der Waals surface area (Å²) in [5, 5.41) is 7.72. The van der Waals surface area contributed by atoms with Crippen molar-refractivity contribution in [2.24, 2.45) is 0 Å². The van der Waals surface area contributed by atoms with Crippen molar-refractivity contribution in [3.63, 3.8) is 0 Å². The number of aromatic nitrogens is 2. The van der Waals surface area contributed by atoms with E-state index in [9.17, 15) is 9.59 Å². The number of ketones is 2. The number of nitrogens with zero attached hydrogens (tertiary/aromatic N) is 1. The van der Waals surface area contributed by atoms with Crippen molar-refractivity contribution in [2.45, 2.75) is 19.8 Å². The van der Waals surface area contributed by atoms with Crippen LogP contribution >= 0.6 is 0 Å². The van der Waals surface area contributed by atoms with Gasteiger partial charge in [0.05, 0.1) is 5.52 Å². The summed E-state index contributed by atoms with van der Waals surface area (Å²) in [6, 6.07) is 14.9. The zero-order valence-electron chi connectivity index (χ0n) is 12.3. The minimum atomic E-state index is -0.113. The van der Waals surface area contributed by atoms with Gasteiger partial charge < -0.3 is 0 Å². The molecular weight excluding hydrogens is 276 g/mol. The van der Waals surface area contributed by atoms with E-state index >= 15 is 0 Å². The number of benzene rings is 2. The lowest BCUT2D eigenvalue weighted by atomic mass is 10.0. The van der Waals surface area contributed by atoms with Crippen molar-refractivity contribution in [1.29, 1.82) is 0 Å². The molecule has 0 unspecified atom stereocenters. The van der Waals surface area contributed by atoms with Crippen LogP contribution < -0.4 is 0 Å². The van der Waals surface area contributed by atoms with Gasteiger partial charge >= 0.3 is 0 Å². The lowest BCUT2D eigenvalue weighted by molar-refractivity contribution is 0.0915. The Morgan fingerprint density at radius 3 is 2.59 bits per heavy atom. The first-order chi connectivity index (χ1) is 10.6. The molecule has 22 heavy (non-hydrogen) atoms. The van der Waals surface area contributed by atoms with Crippen molar-refractivity contribution >= 4 is 22.5 Å². The van der Waals surface area contributed by atoms with E-state index in [-0.39, 0.29) is 24.4 Å². The van der Waals surface area contributed by atoms with Crippen LogP contribution in [-0.4, -0.2) is 21.8 Å². The van der Waals surface area contributed by atoms with Crippen LogP contribution in [0.5, 0.6) is 0 Å². The lowest BCUT2D eigenvalue weighted by Crippen LogP contribution is -2.06. The summed E-state index contributed by atoms with van der Waals surface area (Å²) in [6.45, 7) is 1.94. The second-order valence-electron chi connectivity index (χ2n) is 5.33. The highest BCUT2D eigenvalue weighted by Crippen LogP contribution is 2.18. The molecule has 4 heteroatoms. The number of para-hydroxylation sites is 1. The van der Waals surface area contributed by atoms with Gasteiger partial charge in [-0.2, -0.15) is 5.10 Å². The fourth-order valence-electron chi connectivity index (χ4n) is 2.48. The molecule has 0 saturated carbocycles. The van der Waals surface area contributed by atoms with Gasteiger partial charge in [0.1, 0.15) is 5.69 Å². The number of carbonyl (C=O) groups is 2. The van der Waals surface area contributed by atoms with Crippen molar-refractivity contribution < 1.29 is 9.59 Å². The average molecular weight is 292 g/mol. The fraction of sp³-hybridized carbons (Fsp3) is 0.167. The highest BCUT2D eigenvalue weighted by atomic mass is 16.1. The molecule has 1 N–H and O–H groups in total. The van der Waals surface area contributed by atoms with E-state index < -0.39 is 0 Å². The normalized spacial score (nSPS) is 10.8. The van der Waals surface area contributed by atoms with Crippen LogP contribution in [0.3, 0.4) is 0 Å². The van der Waals surface area contributed by atoms with E-state index in [0.29, 0.717) is 11.3 Å². The molecule has 0 aliphatic rings. The Kier molecular flexibility index (Phi) is 3.83. The highest BCUT2D eigenvalue weighted by Gasteiger charge is 2.16. The van der Waals surface area contributed by atoms with E-state index in [1.54, 1.807) is 6.07 Å². The predicted octanol–water partition coefficient (Wildman–Crippen LogP) is 3.72. The first-order valence-electron chi connectivity index (χ1n) is 7.21. The molecule has 0 aliphatic carbocycles. The third-order valence-corrected chi connectivity index (χ3v) is 3.65. The number of hydrogen-bond donors (Lipinski definition) is 1. The van der Waals surface area contributed by atoms with Crippen LogP contribution in [0.2, 0.25) is 0 Å². The average Bonchev–Trinajstić information content (AvgIpc) is 2.96. The molecule has 0 radical (unpaired) electrons. The summed E-state index contributed by atoms with van der Waals surface area (Å²) >= 11 is 0. The zero-order valence-corrected chi connectivity index (χ0v) is 12.3. The summed E-state index contributed by atoms with van der Waals surface area (Å²) in [7, 11) is 0. The number of rotatable bonds is 5. The molecule has 0 atom stereocenters. The number of hydrogen-bond acceptors (Lipinski definition) is 3. The molecule has 0 fully saturated rings. The molecule has 3 aromatic rings. The van der Waals surface area contributed by atoms with Gasteiger partial charge in [0.15, 0.2) is 11.6 Å². The molecule has 1 aromatic heterocycles. The summed E-state index contributed by atoms with van der Waals surface area (Å²) < 4.78 is 0. The maximum absolute atomic E-state index is 12.3. The van der Waals surface area contributed by atoms with Crippen LogP contribution in [0.4, 0.5) is 0 Å². The SMILES string of the molecule is Cc1cccc(C(=O)CCC(=O)c2n[nH]c3ccccc23)c1. The third-order valence-electron chi connectivity index (χ3n) is 3.65. The van der Waals surface area contributed by atoms with Crippen LogP contribution in [0.15, 0.2) is 48.5 Å². The Labute approximate surface area is 128 Å². The number of H-pyrrole nitrogens is 1. The number of carbonyl (C=O) groups excluding carboxylic acids is 2. The Hall–Kier alpha value is -2.75. The van der Waals surface area contributed by atoms with Gasteiger partial charge in [-0.25, -0.2) is 0 Å². The lowest BCUT2D eigenvalue weighted by Gasteiger charge is -2.01. The Bertz CT molecular complexity index is 849. The van der Waals surface area contributed by atoms with E-state index in [1.807, 2.05) is 49.4 Å². The number of aryl methyl sites for hydroxylation is 1. The smallest absolute Gasteiger partial charge is 0.184 e. The number of fused-ring (bicyclic) bond motifs is 1. The van der Waals surface area contributed by atoms with Gasteiger partial charge in [-0.3, -0.25) is 14.7 Å². The Morgan fingerprint density at radius 1 is 1.00 bits per heavy atom. The molecule has 4 nitrogen and oxygen atoms in total. The van der Waals surface area contributed by atoms with Crippen molar-refractivity contribution in [1.82, 2.24) is 10.2 Å². The first kappa shape index (κ1) is 14.2. The monoisotopic (exact) mass is 292 g/mol. The van der Waals surface area contributed by atoms with Crippen molar-refractivity contribution in [2.75, 3.05) is 0 Å². The highest BCUT2D eigenvalue weighted by molar-refractivity contribution is 6.07. The van der Waals surface area contributed by atoms with Gasteiger partial charge in [0, 0.05) is 23.8 Å². The van der Waals surface area contributed by atoms with Crippen LogP contribution in [0.25, 0.3) is 10.9 Å². The molecule has 0 amide bonds. The molecule has 0 saturated heterocycles. The fourth-order valence-corrected chi connectivity index (χ4v) is 2.48. The zero-order chi connectivity index (χ0) is 15.5. The van der Waals surface area contributed by atoms with E-state index in [4.69, 9.17) is 0 Å². The van der Waals surface area contributed by atoms with E-state index in [1.165, 1.54) is 0 Å². The van der Waals surface area contributed by atoms with Crippen LogP contribution in [-0.2, 0) is 0 Å². The summed E-state index contributed by atoms with van der Waals surface area (Å²) in [6.07, 6.45) is 0.366. The maximum Gasteiger partial charge on any atom is 0.184 e. The molecule has 0 bridgehead atoms. The second-order valence-corrected chi connectivity index (χ2v) is 5.33. The first-order valence-corrected chi connectivity index (χ1v) is 7.21. The summed E-state index contributed by atoms with van der Waals surface area (Å²) in [5.74, 6) is -0.129. The molecule has 2 aromatic carbocycles. The molecular formula is C18H16N2O2. The topological polar surface area (TPSA) is 62.8 Å². The van der Waals surface area contributed by atoms with Gasteiger partial charge in [-0.15, -0.1) is 0 Å². The standard InChI is InChI=1S/C18H16N2O2/c1-12-5-4-6-13(11-12)16(21)9-10-17(22)18-14-7-2-3-8-15(14)19-20-18/h2-8,11H,9-10H2,1H3,(H,19,20). The molecule has 0 aliphatic heterocycles. The Balaban J connectivity index is 1.71. The number of Topliss-reactive ketones (excluding diaryl/α,β-unsaturated/α-hetero) is 2. The number of nitrogens with one attached hydrogen (secondary N) is 1. The predicted molar refractivity (Wildman–Crippen MR) is 85.2 cm³/mol. The maximum atomic E-state index is 12.3. The quantitative estimate of drug-likeness (QED) is 0.729. The molecule has 1 heterocycles. The molecule has 110 valence electrons. The van der Waals surface area contributed by atoms with Crippen molar-refractivity contribution in [3.8, 4) is 0 Å². The minimum absolute atomic E-state index is 0.0168. The Morgan fingerprint density at radius 2 is 1.77 bits per heavy atom. The van der Waals surface area contributed by atoms with E-state index in [0.717, 1.165) is 16.5 Å². The van der Waals surface area contributed by atoms with Crippen LogP contribution in [0, 0.1) is 6.92 Å².